The monoisotopic (exact) mass is 447 g/mol. The Hall–Kier alpha value is -3.17. The van der Waals surface area contributed by atoms with Gasteiger partial charge in [-0.3, -0.25) is 24.5 Å². The third-order valence-corrected chi connectivity index (χ3v) is 6.10. The van der Waals surface area contributed by atoms with Gasteiger partial charge in [0.1, 0.15) is 5.82 Å². The van der Waals surface area contributed by atoms with Crippen LogP contribution >= 0.6 is 0 Å². The number of hydrogen-bond donors (Lipinski definition) is 2. The van der Waals surface area contributed by atoms with E-state index in [0.717, 1.165) is 0 Å². The van der Waals surface area contributed by atoms with Crippen LogP contribution in [-0.4, -0.2) is 52.4 Å². The number of nitrogens with one attached hydrogen (secondary N) is 1. The van der Waals surface area contributed by atoms with Crippen molar-refractivity contribution < 1.29 is 23.9 Å². The SMILES string of the molecule is CC.Cn1nc(N2CCC(=O)NC2=O)c2cc(F)c(N3CCC(C)(CC(=O)O)CC3)cc21. The van der Waals surface area contributed by atoms with Gasteiger partial charge in [0.2, 0.25) is 5.91 Å². The molecule has 1 aromatic carbocycles. The quantitative estimate of drug-likeness (QED) is 0.745. The second-order valence-electron chi connectivity index (χ2n) is 8.39. The maximum Gasteiger partial charge on any atom is 0.329 e. The first-order valence-electron chi connectivity index (χ1n) is 10.9. The number of aromatic nitrogens is 2. The van der Waals surface area contributed by atoms with E-state index >= 15 is 4.39 Å². The Kier molecular flexibility index (Phi) is 6.71. The second-order valence-corrected chi connectivity index (χ2v) is 8.39. The van der Waals surface area contributed by atoms with Crippen molar-refractivity contribution >= 4 is 40.3 Å². The zero-order valence-corrected chi connectivity index (χ0v) is 18.9. The van der Waals surface area contributed by atoms with Crippen molar-refractivity contribution in [3.63, 3.8) is 0 Å². The number of carboxylic acids is 1. The van der Waals surface area contributed by atoms with Gasteiger partial charge in [-0.05, 0) is 30.4 Å². The summed E-state index contributed by atoms with van der Waals surface area (Å²) in [6, 6.07) is 2.53. The van der Waals surface area contributed by atoms with Crippen LogP contribution in [0.5, 0.6) is 0 Å². The highest BCUT2D eigenvalue weighted by molar-refractivity contribution is 6.09. The molecule has 3 heterocycles. The molecular formula is C22H30FN5O4. The van der Waals surface area contributed by atoms with Crippen LogP contribution in [0.4, 0.5) is 20.7 Å². The maximum atomic E-state index is 15.1. The number of rotatable bonds is 4. The Labute approximate surface area is 186 Å². The van der Waals surface area contributed by atoms with Gasteiger partial charge < -0.3 is 10.0 Å². The smallest absolute Gasteiger partial charge is 0.329 e. The normalized spacial score (nSPS) is 18.3. The number of carbonyl (C=O) groups excluding carboxylic acids is 2. The van der Waals surface area contributed by atoms with Crippen molar-refractivity contribution in [1.82, 2.24) is 15.1 Å². The number of carbonyl (C=O) groups is 3. The molecule has 0 radical (unpaired) electrons. The van der Waals surface area contributed by atoms with Crippen molar-refractivity contribution in [2.75, 3.05) is 29.4 Å². The van der Waals surface area contributed by atoms with Gasteiger partial charge in [0.05, 0.1) is 17.6 Å². The standard InChI is InChI=1S/C20H24FN5O4.C2H6/c1-20(11-17(28)29)4-7-25(8-5-20)15-10-14-12(9-13(15)21)18(23-24(14)2)26-6-3-16(27)22-19(26)30;1-2/h9-10H,3-8,11H2,1-2H3,(H,28,29)(H,22,27,30);1-2H3. The van der Waals surface area contributed by atoms with Gasteiger partial charge in [-0.1, -0.05) is 20.8 Å². The molecule has 174 valence electrons. The molecule has 9 nitrogen and oxygen atoms in total. The number of aryl methyl sites for hydroxylation is 1. The third kappa shape index (κ3) is 4.53. The Morgan fingerprint density at radius 1 is 1.22 bits per heavy atom. The number of hydrogen-bond acceptors (Lipinski definition) is 5. The number of imide groups is 1. The van der Waals surface area contributed by atoms with Gasteiger partial charge in [-0.25, -0.2) is 9.18 Å². The van der Waals surface area contributed by atoms with E-state index in [2.05, 4.69) is 10.4 Å². The van der Waals surface area contributed by atoms with E-state index in [1.54, 1.807) is 17.8 Å². The van der Waals surface area contributed by atoms with Crippen LogP contribution in [0.15, 0.2) is 12.1 Å². The van der Waals surface area contributed by atoms with Crippen molar-refractivity contribution in [1.29, 1.82) is 0 Å². The lowest BCUT2D eigenvalue weighted by Crippen LogP contribution is -2.49. The van der Waals surface area contributed by atoms with E-state index in [4.69, 9.17) is 5.11 Å². The number of urea groups is 1. The second kappa shape index (κ2) is 9.13. The average molecular weight is 448 g/mol. The van der Waals surface area contributed by atoms with E-state index in [9.17, 15) is 14.4 Å². The van der Waals surface area contributed by atoms with E-state index in [1.807, 2.05) is 25.7 Å². The van der Waals surface area contributed by atoms with Crippen LogP contribution in [0.1, 0.15) is 46.5 Å². The van der Waals surface area contributed by atoms with Crippen LogP contribution in [0.25, 0.3) is 10.9 Å². The van der Waals surface area contributed by atoms with Crippen molar-refractivity contribution in [2.45, 2.75) is 46.5 Å². The number of fused-ring (bicyclic) bond motifs is 1. The van der Waals surface area contributed by atoms with Crippen LogP contribution in [0.2, 0.25) is 0 Å². The molecule has 2 N–H and O–H groups in total. The Morgan fingerprint density at radius 3 is 2.47 bits per heavy atom. The number of nitrogens with zero attached hydrogens (tertiary/aromatic N) is 4. The van der Waals surface area contributed by atoms with Crippen LogP contribution in [0.3, 0.4) is 0 Å². The summed E-state index contributed by atoms with van der Waals surface area (Å²) >= 11 is 0. The summed E-state index contributed by atoms with van der Waals surface area (Å²) in [5.41, 5.74) is 0.819. The summed E-state index contributed by atoms with van der Waals surface area (Å²) in [6.07, 6.45) is 1.59. The van der Waals surface area contributed by atoms with Crippen LogP contribution < -0.4 is 15.1 Å². The molecule has 2 aliphatic heterocycles. The molecule has 2 saturated heterocycles. The first-order chi connectivity index (χ1) is 15.2. The lowest BCUT2D eigenvalue weighted by atomic mass is 9.77. The lowest BCUT2D eigenvalue weighted by molar-refractivity contribution is -0.139. The lowest BCUT2D eigenvalue weighted by Gasteiger charge is -2.39. The first kappa shape index (κ1) is 23.5. The molecule has 32 heavy (non-hydrogen) atoms. The summed E-state index contributed by atoms with van der Waals surface area (Å²) in [6.45, 7) is 7.27. The van der Waals surface area contributed by atoms with Gasteiger partial charge in [0.25, 0.3) is 0 Å². The molecule has 4 rings (SSSR count). The van der Waals surface area contributed by atoms with E-state index in [-0.39, 0.29) is 30.7 Å². The summed E-state index contributed by atoms with van der Waals surface area (Å²) in [7, 11) is 1.72. The number of aliphatic carboxylic acids is 1. The predicted molar refractivity (Wildman–Crippen MR) is 119 cm³/mol. The highest BCUT2D eigenvalue weighted by Gasteiger charge is 2.34. The fourth-order valence-corrected chi connectivity index (χ4v) is 4.28. The minimum Gasteiger partial charge on any atom is -0.481 e. The van der Waals surface area contributed by atoms with E-state index in [1.165, 1.54) is 11.0 Å². The van der Waals surface area contributed by atoms with Crippen molar-refractivity contribution in [3.8, 4) is 0 Å². The molecule has 2 fully saturated rings. The number of benzene rings is 1. The maximum absolute atomic E-state index is 15.1. The highest BCUT2D eigenvalue weighted by atomic mass is 19.1. The first-order valence-corrected chi connectivity index (χ1v) is 10.9. The van der Waals surface area contributed by atoms with Crippen molar-refractivity contribution in [3.05, 3.63) is 17.9 Å². The van der Waals surface area contributed by atoms with E-state index < -0.39 is 17.8 Å². The Morgan fingerprint density at radius 2 is 1.88 bits per heavy atom. The molecule has 2 aromatic rings. The van der Waals surface area contributed by atoms with Gasteiger partial charge >= 0.3 is 12.0 Å². The number of piperidine rings is 1. The molecule has 0 spiro atoms. The molecule has 1 aromatic heterocycles. The summed E-state index contributed by atoms with van der Waals surface area (Å²) in [5, 5.41) is 16.3. The average Bonchev–Trinajstić information content (AvgIpc) is 3.04. The molecular weight excluding hydrogens is 417 g/mol. The zero-order chi connectivity index (χ0) is 23.6. The van der Waals surface area contributed by atoms with Crippen LogP contribution in [-0.2, 0) is 16.6 Å². The van der Waals surface area contributed by atoms with Gasteiger partial charge in [0.15, 0.2) is 5.82 Å². The molecule has 0 aliphatic carbocycles. The number of carboxylic acid groups (broad SMARTS) is 1. The molecule has 3 amide bonds. The fourth-order valence-electron chi connectivity index (χ4n) is 4.28. The minimum atomic E-state index is -0.815. The fraction of sp³-hybridized carbons (Fsp3) is 0.545. The van der Waals surface area contributed by atoms with Crippen LogP contribution in [0, 0.1) is 11.2 Å². The molecule has 10 heteroatoms. The van der Waals surface area contributed by atoms with Gasteiger partial charge in [-0.15, -0.1) is 0 Å². The topological polar surface area (TPSA) is 108 Å². The molecule has 0 unspecified atom stereocenters. The molecule has 0 bridgehead atoms. The molecule has 0 atom stereocenters. The van der Waals surface area contributed by atoms with Gasteiger partial charge in [0, 0.05) is 38.5 Å². The number of halogens is 1. The zero-order valence-electron chi connectivity index (χ0n) is 18.9. The molecule has 0 saturated carbocycles. The molecule has 2 aliphatic rings. The van der Waals surface area contributed by atoms with Gasteiger partial charge in [-0.2, -0.15) is 5.10 Å². The Balaban J connectivity index is 0.00000141. The highest BCUT2D eigenvalue weighted by Crippen LogP contribution is 2.38. The largest absolute Gasteiger partial charge is 0.481 e. The Bertz CT molecular complexity index is 1040. The number of anilines is 2. The predicted octanol–water partition coefficient (Wildman–Crippen LogP) is 3.27. The minimum absolute atomic E-state index is 0.105. The summed E-state index contributed by atoms with van der Waals surface area (Å²) in [4.78, 5) is 38.0. The summed E-state index contributed by atoms with van der Waals surface area (Å²) in [5.74, 6) is -1.27. The third-order valence-electron chi connectivity index (χ3n) is 6.10. The van der Waals surface area contributed by atoms with E-state index in [0.29, 0.717) is 48.3 Å². The summed E-state index contributed by atoms with van der Waals surface area (Å²) < 4.78 is 16.7. The van der Waals surface area contributed by atoms with Crippen molar-refractivity contribution in [2.24, 2.45) is 12.5 Å². The number of amides is 3.